The maximum absolute atomic E-state index is 13.4. The third kappa shape index (κ3) is 6.68. The molecule has 35 heavy (non-hydrogen) atoms. The van der Waals surface area contributed by atoms with Crippen molar-refractivity contribution in [1.29, 1.82) is 0 Å². The number of hydrogen-bond donors (Lipinski definition) is 2. The van der Waals surface area contributed by atoms with Crippen LogP contribution in [0.15, 0.2) is 66.0 Å². The zero-order valence-electron chi connectivity index (χ0n) is 19.4. The molecule has 1 fully saturated rings. The topological polar surface area (TPSA) is 97.0 Å². The molecule has 1 aliphatic heterocycles. The highest BCUT2D eigenvalue weighted by molar-refractivity contribution is 7.12. The molecular weight excluding hydrogens is 466 g/mol. The Morgan fingerprint density at radius 1 is 1.03 bits per heavy atom. The Bertz CT molecular complexity index is 1160. The number of esters is 1. The number of nitrogens with one attached hydrogen (secondary N) is 2. The fourth-order valence-corrected chi connectivity index (χ4v) is 4.45. The molecule has 0 bridgehead atoms. The van der Waals surface area contributed by atoms with Crippen molar-refractivity contribution >= 4 is 40.5 Å². The number of thiophene rings is 1. The smallest absolute Gasteiger partial charge is 0.308 e. The third-order valence-corrected chi connectivity index (χ3v) is 6.37. The van der Waals surface area contributed by atoms with Crippen LogP contribution in [0.4, 0.5) is 11.4 Å². The number of morpholine rings is 1. The predicted octanol–water partition coefficient (Wildman–Crippen LogP) is 3.49. The quantitative estimate of drug-likeness (QED) is 0.368. The molecule has 0 saturated carbocycles. The molecule has 2 amide bonds. The number of anilines is 2. The molecule has 1 atom stereocenters. The zero-order chi connectivity index (χ0) is 24.6. The number of ether oxygens (including phenoxy) is 2. The van der Waals surface area contributed by atoms with Crippen molar-refractivity contribution in [2.45, 2.75) is 19.4 Å². The molecule has 8 nitrogen and oxygen atoms in total. The molecule has 1 aliphatic rings. The van der Waals surface area contributed by atoms with Crippen LogP contribution in [-0.2, 0) is 20.7 Å². The first-order chi connectivity index (χ1) is 17.0. The van der Waals surface area contributed by atoms with Crippen molar-refractivity contribution in [2.24, 2.45) is 0 Å². The van der Waals surface area contributed by atoms with Crippen molar-refractivity contribution in [2.75, 3.05) is 36.5 Å². The Labute approximate surface area is 207 Å². The van der Waals surface area contributed by atoms with E-state index < -0.39 is 12.0 Å². The maximum atomic E-state index is 13.4. The van der Waals surface area contributed by atoms with Gasteiger partial charge < -0.3 is 25.0 Å². The van der Waals surface area contributed by atoms with Gasteiger partial charge in [-0.1, -0.05) is 30.3 Å². The monoisotopic (exact) mass is 493 g/mol. The van der Waals surface area contributed by atoms with Gasteiger partial charge in [-0.05, 0) is 41.3 Å². The Hall–Kier alpha value is -3.69. The summed E-state index contributed by atoms with van der Waals surface area (Å²) >= 11 is 1.31. The molecule has 2 heterocycles. The minimum absolute atomic E-state index is 0.267. The second-order valence-electron chi connectivity index (χ2n) is 8.05. The van der Waals surface area contributed by atoms with Crippen LogP contribution in [0.2, 0.25) is 0 Å². The lowest BCUT2D eigenvalue weighted by molar-refractivity contribution is -0.131. The molecule has 1 saturated heterocycles. The van der Waals surface area contributed by atoms with Crippen LogP contribution in [0.3, 0.4) is 0 Å². The highest BCUT2D eigenvalue weighted by Gasteiger charge is 2.24. The maximum Gasteiger partial charge on any atom is 0.308 e. The number of para-hydroxylation sites is 2. The predicted molar refractivity (Wildman–Crippen MR) is 135 cm³/mol. The lowest BCUT2D eigenvalue weighted by Crippen LogP contribution is -2.45. The molecule has 2 N–H and O–H groups in total. The number of hydrogen-bond acceptors (Lipinski definition) is 7. The van der Waals surface area contributed by atoms with Crippen LogP contribution in [-0.4, -0.2) is 50.1 Å². The van der Waals surface area contributed by atoms with Gasteiger partial charge in [0, 0.05) is 26.4 Å². The lowest BCUT2D eigenvalue weighted by Gasteiger charge is -2.31. The summed E-state index contributed by atoms with van der Waals surface area (Å²) in [6.07, 6.45) is 0.267. The van der Waals surface area contributed by atoms with E-state index in [1.165, 1.54) is 18.3 Å². The fourth-order valence-electron chi connectivity index (χ4n) is 3.82. The van der Waals surface area contributed by atoms with Gasteiger partial charge in [0.2, 0.25) is 5.91 Å². The van der Waals surface area contributed by atoms with Crippen LogP contribution in [0, 0.1) is 0 Å². The molecule has 1 aromatic heterocycles. The van der Waals surface area contributed by atoms with Crippen molar-refractivity contribution in [3.8, 4) is 5.75 Å². The van der Waals surface area contributed by atoms with E-state index in [4.69, 9.17) is 9.47 Å². The van der Waals surface area contributed by atoms with Gasteiger partial charge in [-0.3, -0.25) is 14.4 Å². The van der Waals surface area contributed by atoms with E-state index in [0.29, 0.717) is 29.5 Å². The lowest BCUT2D eigenvalue weighted by atomic mass is 10.0. The first kappa shape index (κ1) is 24.4. The summed E-state index contributed by atoms with van der Waals surface area (Å²) in [5, 5.41) is 7.70. The number of amides is 2. The molecule has 1 unspecified atom stereocenters. The zero-order valence-corrected chi connectivity index (χ0v) is 20.2. The molecular formula is C26H27N3O5S. The summed E-state index contributed by atoms with van der Waals surface area (Å²) in [6, 6.07) is 17.2. The summed E-state index contributed by atoms with van der Waals surface area (Å²) in [6.45, 7) is 4.07. The normalized spacial score (nSPS) is 14.1. The standard InChI is InChI=1S/C26H27N3O5S/c1-18(30)34-20-10-8-19(9-11-20)17-22(28-26(32)24-7-4-16-35-24)25(31)27-21-5-2-3-6-23(21)29-12-14-33-15-13-29/h2-11,16,22H,12-15,17H2,1H3,(H,27,31)(H,28,32). The van der Waals surface area contributed by atoms with E-state index >= 15 is 0 Å². The van der Waals surface area contributed by atoms with Gasteiger partial charge in [0.05, 0.1) is 29.5 Å². The van der Waals surface area contributed by atoms with E-state index in [1.54, 1.807) is 36.4 Å². The first-order valence-corrected chi connectivity index (χ1v) is 12.2. The molecule has 0 spiro atoms. The second kappa shape index (κ2) is 11.6. The van der Waals surface area contributed by atoms with E-state index in [2.05, 4.69) is 15.5 Å². The number of nitrogens with zero attached hydrogens (tertiary/aromatic N) is 1. The SMILES string of the molecule is CC(=O)Oc1ccc(CC(NC(=O)c2cccs2)C(=O)Nc2ccccc2N2CCOCC2)cc1. The van der Waals surface area contributed by atoms with E-state index in [0.717, 1.165) is 24.3 Å². The summed E-state index contributed by atoms with van der Waals surface area (Å²) < 4.78 is 10.5. The number of benzene rings is 2. The van der Waals surface area contributed by atoms with Gasteiger partial charge in [-0.15, -0.1) is 11.3 Å². The number of rotatable bonds is 8. The molecule has 4 rings (SSSR count). The molecule has 0 radical (unpaired) electrons. The summed E-state index contributed by atoms with van der Waals surface area (Å²) in [4.78, 5) is 40.1. The van der Waals surface area contributed by atoms with Gasteiger partial charge in [-0.25, -0.2) is 0 Å². The average Bonchev–Trinajstić information content (AvgIpc) is 3.41. The van der Waals surface area contributed by atoms with Crippen molar-refractivity contribution in [3.05, 3.63) is 76.5 Å². The second-order valence-corrected chi connectivity index (χ2v) is 9.00. The average molecular weight is 494 g/mol. The van der Waals surface area contributed by atoms with Gasteiger partial charge >= 0.3 is 5.97 Å². The summed E-state index contributed by atoms with van der Waals surface area (Å²) in [7, 11) is 0. The minimum Gasteiger partial charge on any atom is -0.427 e. The third-order valence-electron chi connectivity index (χ3n) is 5.51. The Morgan fingerprint density at radius 3 is 2.46 bits per heavy atom. The Kier molecular flexibility index (Phi) is 8.12. The molecule has 2 aromatic carbocycles. The summed E-state index contributed by atoms with van der Waals surface area (Å²) in [5.74, 6) is -0.612. The molecule has 182 valence electrons. The van der Waals surface area contributed by atoms with Crippen molar-refractivity contribution < 1.29 is 23.9 Å². The van der Waals surface area contributed by atoms with Crippen LogP contribution in [0.25, 0.3) is 0 Å². The largest absolute Gasteiger partial charge is 0.427 e. The first-order valence-electron chi connectivity index (χ1n) is 11.3. The van der Waals surface area contributed by atoms with Gasteiger partial charge in [0.25, 0.3) is 5.91 Å². The number of carbonyl (C=O) groups excluding carboxylic acids is 3. The Morgan fingerprint density at radius 2 is 1.77 bits per heavy atom. The van der Waals surface area contributed by atoms with E-state index in [-0.39, 0.29) is 18.2 Å². The van der Waals surface area contributed by atoms with Crippen LogP contribution in [0.1, 0.15) is 22.2 Å². The highest BCUT2D eigenvalue weighted by atomic mass is 32.1. The van der Waals surface area contributed by atoms with E-state index in [1.807, 2.05) is 29.6 Å². The highest BCUT2D eigenvalue weighted by Crippen LogP contribution is 2.27. The fraction of sp³-hybridized carbons (Fsp3) is 0.269. The molecule has 0 aliphatic carbocycles. The van der Waals surface area contributed by atoms with Gasteiger partial charge in [0.15, 0.2) is 0 Å². The van der Waals surface area contributed by atoms with Crippen LogP contribution >= 0.6 is 11.3 Å². The van der Waals surface area contributed by atoms with Crippen molar-refractivity contribution in [1.82, 2.24) is 5.32 Å². The minimum atomic E-state index is -0.818. The van der Waals surface area contributed by atoms with Crippen LogP contribution < -0.4 is 20.3 Å². The van der Waals surface area contributed by atoms with Gasteiger partial charge in [-0.2, -0.15) is 0 Å². The van der Waals surface area contributed by atoms with E-state index in [9.17, 15) is 14.4 Å². The van der Waals surface area contributed by atoms with Crippen molar-refractivity contribution in [3.63, 3.8) is 0 Å². The van der Waals surface area contributed by atoms with Crippen LogP contribution in [0.5, 0.6) is 5.75 Å². The Balaban J connectivity index is 1.53. The molecule has 9 heteroatoms. The number of carbonyl (C=O) groups is 3. The van der Waals surface area contributed by atoms with Gasteiger partial charge in [0.1, 0.15) is 11.8 Å². The summed E-state index contributed by atoms with van der Waals surface area (Å²) in [5.41, 5.74) is 2.41. The molecule has 3 aromatic rings.